The Morgan fingerprint density at radius 3 is 1.61 bits per heavy atom. The van der Waals surface area contributed by atoms with Crippen molar-refractivity contribution in [3.05, 3.63) is 175 Å². The number of hydrogen-bond acceptors (Lipinski definition) is 7. The lowest BCUT2D eigenvalue weighted by Gasteiger charge is -2.14. The van der Waals surface area contributed by atoms with Crippen molar-refractivity contribution in [3.8, 4) is 52.1 Å². The molecule has 0 amide bonds. The highest BCUT2D eigenvalue weighted by Gasteiger charge is 2.20. The van der Waals surface area contributed by atoms with Crippen LogP contribution in [0.1, 0.15) is 5.56 Å². The van der Waals surface area contributed by atoms with E-state index in [1.807, 2.05) is 118 Å². The second-order valence-electron chi connectivity index (χ2n) is 13.0. The Morgan fingerprint density at radius 2 is 1.04 bits per heavy atom. The summed E-state index contributed by atoms with van der Waals surface area (Å²) >= 11 is 0. The first-order valence-electron chi connectivity index (χ1n) is 17.7. The molecule has 56 heavy (non-hydrogen) atoms. The molecule has 262 valence electrons. The van der Waals surface area contributed by atoms with E-state index in [1.54, 1.807) is 49.1 Å². The molecule has 5 aromatic heterocycles. The largest absolute Gasteiger partial charge is 0.458 e. The monoisotopic (exact) mass is 722 g/mol. The van der Waals surface area contributed by atoms with Gasteiger partial charge in [-0.15, -0.1) is 0 Å². The fraction of sp³-hybridized carbons (Fsp3) is 0. The van der Waals surface area contributed by atoms with Gasteiger partial charge in [-0.25, -0.2) is 24.8 Å². The lowest BCUT2D eigenvalue weighted by Crippen LogP contribution is -1.97. The van der Waals surface area contributed by atoms with Gasteiger partial charge in [0.15, 0.2) is 5.82 Å². The number of para-hydroxylation sites is 2. The van der Waals surface area contributed by atoms with E-state index in [4.69, 9.17) is 16.0 Å². The molecule has 0 spiro atoms. The highest BCUT2D eigenvalue weighted by atomic mass is 16.5. The molecule has 0 N–H and O–H groups in total. The van der Waals surface area contributed by atoms with E-state index in [1.165, 1.54) is 0 Å². The van der Waals surface area contributed by atoms with E-state index in [9.17, 15) is 5.26 Å². The van der Waals surface area contributed by atoms with E-state index in [0.717, 1.165) is 55.2 Å². The number of rotatable bonds is 7. The van der Waals surface area contributed by atoms with Gasteiger partial charge in [0.2, 0.25) is 5.69 Å². The summed E-state index contributed by atoms with van der Waals surface area (Å²) in [6.07, 6.45) is 6.84. The SMILES string of the molecule is [C-]#[N+]c1cc(Oc2cc(Oc3cc(C#N)c4c5ccccc5n(-c5ccccn5)c4c3)cc(-c3ncccn3)c2)cc2c1c1ccccc1n2-c1ccccn1. The predicted octanol–water partition coefficient (Wildman–Crippen LogP) is 11.1. The summed E-state index contributed by atoms with van der Waals surface area (Å²) in [6.45, 7) is 8.17. The standard InChI is InChI=1S/C46H26N8O2/c1-48-37-25-34(27-41-45(37)36-12-3-5-14-39(36)54(41)43-16-7-9-18-50-43)56-32-22-29(46-51-19-10-20-52-46)21-31(24-32)55-33-23-30(28-47)44-35-11-2-4-13-38(35)53(40(44)26-33)42-15-6-8-17-49-42/h2-27H. The van der Waals surface area contributed by atoms with Crippen LogP contribution in [0.4, 0.5) is 5.69 Å². The summed E-state index contributed by atoms with van der Waals surface area (Å²) < 4.78 is 17.3. The average Bonchev–Trinajstić information content (AvgIpc) is 3.77. The molecule has 10 aromatic rings. The highest BCUT2D eigenvalue weighted by molar-refractivity contribution is 6.15. The zero-order valence-electron chi connectivity index (χ0n) is 29.4. The molecule has 0 saturated heterocycles. The van der Waals surface area contributed by atoms with Gasteiger partial charge >= 0.3 is 0 Å². The Bertz CT molecular complexity index is 3020. The van der Waals surface area contributed by atoms with Crippen LogP contribution in [0.5, 0.6) is 23.0 Å². The maximum atomic E-state index is 10.4. The molecule has 0 bridgehead atoms. The first-order valence-corrected chi connectivity index (χ1v) is 17.7. The minimum Gasteiger partial charge on any atom is -0.458 e. The number of pyridine rings is 2. The van der Waals surface area contributed by atoms with Gasteiger partial charge in [-0.2, -0.15) is 5.26 Å². The van der Waals surface area contributed by atoms with Crippen LogP contribution in [-0.2, 0) is 0 Å². The first kappa shape index (κ1) is 32.3. The Labute approximate surface area is 319 Å². The maximum absolute atomic E-state index is 10.4. The third-order valence-electron chi connectivity index (χ3n) is 9.64. The normalized spacial score (nSPS) is 11.2. The summed E-state index contributed by atoms with van der Waals surface area (Å²) in [5, 5.41) is 13.9. The number of nitriles is 1. The number of ether oxygens (including phenoxy) is 2. The van der Waals surface area contributed by atoms with E-state index in [-0.39, 0.29) is 0 Å². The van der Waals surface area contributed by atoms with Crippen molar-refractivity contribution >= 4 is 49.3 Å². The third-order valence-corrected chi connectivity index (χ3v) is 9.64. The van der Waals surface area contributed by atoms with Crippen LogP contribution in [0.2, 0.25) is 0 Å². The van der Waals surface area contributed by atoms with E-state index < -0.39 is 0 Å². The molecule has 5 aromatic carbocycles. The number of aromatic nitrogens is 6. The number of nitrogens with zero attached hydrogens (tertiary/aromatic N) is 8. The number of hydrogen-bond donors (Lipinski definition) is 0. The van der Waals surface area contributed by atoms with Gasteiger partial charge in [0.1, 0.15) is 34.6 Å². The predicted molar refractivity (Wildman–Crippen MR) is 216 cm³/mol. The van der Waals surface area contributed by atoms with E-state index in [0.29, 0.717) is 45.6 Å². The summed E-state index contributed by atoms with van der Waals surface area (Å²) in [6, 6.07) is 44.4. The smallest absolute Gasteiger partial charge is 0.200 e. The summed E-state index contributed by atoms with van der Waals surface area (Å²) in [4.78, 5) is 22.2. The van der Waals surface area contributed by atoms with Crippen molar-refractivity contribution in [2.75, 3.05) is 0 Å². The van der Waals surface area contributed by atoms with Gasteiger partial charge in [-0.05, 0) is 72.1 Å². The zero-order chi connectivity index (χ0) is 37.6. The molecule has 0 aliphatic rings. The van der Waals surface area contributed by atoms with Crippen molar-refractivity contribution < 1.29 is 9.47 Å². The van der Waals surface area contributed by atoms with Crippen molar-refractivity contribution in [1.82, 2.24) is 29.1 Å². The van der Waals surface area contributed by atoms with Crippen molar-refractivity contribution in [1.29, 1.82) is 5.26 Å². The quantitative estimate of drug-likeness (QED) is 0.151. The molecule has 0 aliphatic carbocycles. The van der Waals surface area contributed by atoms with Crippen LogP contribution < -0.4 is 9.47 Å². The fourth-order valence-electron chi connectivity index (χ4n) is 7.42. The Morgan fingerprint density at radius 1 is 0.518 bits per heavy atom. The van der Waals surface area contributed by atoms with E-state index in [2.05, 4.69) is 30.9 Å². The molecule has 5 heterocycles. The maximum Gasteiger partial charge on any atom is 0.200 e. The van der Waals surface area contributed by atoms with Gasteiger partial charge in [0.05, 0.1) is 34.8 Å². The molecule has 0 atom stereocenters. The molecular weight excluding hydrogens is 697 g/mol. The van der Waals surface area contributed by atoms with Gasteiger partial charge in [0.25, 0.3) is 0 Å². The van der Waals surface area contributed by atoms with Gasteiger partial charge in [-0.1, -0.05) is 48.5 Å². The van der Waals surface area contributed by atoms with Gasteiger partial charge in [0, 0.05) is 70.2 Å². The minimum absolute atomic E-state index is 0.433. The van der Waals surface area contributed by atoms with Crippen LogP contribution in [0.15, 0.2) is 158 Å². The average molecular weight is 723 g/mol. The molecule has 0 saturated carbocycles. The van der Waals surface area contributed by atoms with E-state index >= 15 is 0 Å². The summed E-state index contributed by atoms with van der Waals surface area (Å²) in [5.74, 6) is 3.68. The fourth-order valence-corrected chi connectivity index (χ4v) is 7.42. The van der Waals surface area contributed by atoms with Crippen LogP contribution in [0.25, 0.3) is 71.5 Å². The third kappa shape index (κ3) is 5.42. The number of benzene rings is 5. The van der Waals surface area contributed by atoms with Crippen LogP contribution in [-0.4, -0.2) is 29.1 Å². The molecule has 10 heteroatoms. The molecule has 10 nitrogen and oxygen atoms in total. The van der Waals surface area contributed by atoms with Gasteiger partial charge < -0.3 is 9.47 Å². The lowest BCUT2D eigenvalue weighted by atomic mass is 10.1. The van der Waals surface area contributed by atoms with Crippen LogP contribution in [0.3, 0.4) is 0 Å². The zero-order valence-corrected chi connectivity index (χ0v) is 29.4. The molecule has 0 unspecified atom stereocenters. The minimum atomic E-state index is 0.433. The highest BCUT2D eigenvalue weighted by Crippen LogP contribution is 2.43. The molecule has 0 aliphatic heterocycles. The second-order valence-corrected chi connectivity index (χ2v) is 13.0. The molecule has 0 radical (unpaired) electrons. The molecular formula is C46H26N8O2. The van der Waals surface area contributed by atoms with Crippen molar-refractivity contribution in [3.63, 3.8) is 0 Å². The topological polar surface area (TPSA) is 108 Å². The number of fused-ring (bicyclic) bond motifs is 6. The van der Waals surface area contributed by atoms with Crippen LogP contribution >= 0.6 is 0 Å². The lowest BCUT2D eigenvalue weighted by molar-refractivity contribution is 0.461. The molecule has 0 fully saturated rings. The molecule has 10 rings (SSSR count). The second kappa shape index (κ2) is 13.3. The van der Waals surface area contributed by atoms with Crippen molar-refractivity contribution in [2.24, 2.45) is 0 Å². The Balaban J connectivity index is 1.12. The summed E-state index contributed by atoms with van der Waals surface area (Å²) in [5.41, 5.74) is 4.98. The Hall–Kier alpha value is -8.34. The van der Waals surface area contributed by atoms with Crippen molar-refractivity contribution in [2.45, 2.75) is 0 Å². The summed E-state index contributed by atoms with van der Waals surface area (Å²) in [7, 11) is 0. The van der Waals surface area contributed by atoms with Gasteiger partial charge in [-0.3, -0.25) is 9.13 Å². The van der Waals surface area contributed by atoms with Crippen LogP contribution in [0, 0.1) is 17.9 Å². The Kier molecular flexibility index (Phi) is 7.65. The first-order chi connectivity index (χ1) is 27.7.